The lowest BCUT2D eigenvalue weighted by Crippen LogP contribution is -2.45. The molecule has 2 rings (SSSR count). The molecule has 0 aliphatic carbocycles. The Balaban J connectivity index is 2.38. The summed E-state index contributed by atoms with van der Waals surface area (Å²) >= 11 is 5.25. The topological polar surface area (TPSA) is 50.4 Å². The molecule has 0 saturated heterocycles. The van der Waals surface area contributed by atoms with Crippen molar-refractivity contribution in [3.05, 3.63) is 46.7 Å². The number of thiocarbonyl (C=S) groups is 1. The largest absolute Gasteiger partial charge is 0.459 e. The lowest BCUT2D eigenvalue weighted by atomic mass is 9.93. The summed E-state index contributed by atoms with van der Waals surface area (Å²) in [6.07, 6.45) is -0.166. The first-order valence-electron chi connectivity index (χ1n) is 7.88. The van der Waals surface area contributed by atoms with Gasteiger partial charge in [-0.1, -0.05) is 38.1 Å². The van der Waals surface area contributed by atoms with E-state index in [4.69, 9.17) is 17.0 Å². The highest BCUT2D eigenvalue weighted by Gasteiger charge is 2.31. The van der Waals surface area contributed by atoms with Crippen molar-refractivity contribution in [2.45, 2.75) is 52.7 Å². The Bertz CT molecular complexity index is 633. The first-order valence-corrected chi connectivity index (χ1v) is 8.29. The Labute approximate surface area is 143 Å². The van der Waals surface area contributed by atoms with Crippen LogP contribution in [0.5, 0.6) is 0 Å². The molecular formula is C18H24N2O2S. The number of esters is 1. The third kappa shape index (κ3) is 4.10. The van der Waals surface area contributed by atoms with E-state index < -0.39 is 0 Å². The van der Waals surface area contributed by atoms with Crippen molar-refractivity contribution in [3.63, 3.8) is 0 Å². The van der Waals surface area contributed by atoms with Gasteiger partial charge >= 0.3 is 5.97 Å². The second kappa shape index (κ2) is 7.13. The van der Waals surface area contributed by atoms with Gasteiger partial charge in [-0.05, 0) is 50.0 Å². The minimum absolute atomic E-state index is 0.166. The lowest BCUT2D eigenvalue weighted by molar-refractivity contribution is -0.143. The average Bonchev–Trinajstić information content (AvgIpc) is 2.45. The molecule has 1 aromatic carbocycles. The number of carbonyl (C=O) groups is 1. The van der Waals surface area contributed by atoms with Crippen LogP contribution in [0.3, 0.4) is 0 Å². The fraction of sp³-hybridized carbons (Fsp3) is 0.444. The van der Waals surface area contributed by atoms with E-state index in [1.807, 2.05) is 32.9 Å². The first-order chi connectivity index (χ1) is 10.8. The first kappa shape index (κ1) is 17.5. The molecule has 1 aromatic rings. The van der Waals surface area contributed by atoms with E-state index in [-0.39, 0.29) is 18.1 Å². The molecule has 0 bridgehead atoms. The molecule has 0 spiro atoms. The average molecular weight is 332 g/mol. The molecule has 2 N–H and O–H groups in total. The van der Waals surface area contributed by atoms with Gasteiger partial charge < -0.3 is 15.4 Å². The highest BCUT2D eigenvalue weighted by Crippen LogP contribution is 2.29. The highest BCUT2D eigenvalue weighted by molar-refractivity contribution is 7.80. The minimum atomic E-state index is -0.321. The summed E-state index contributed by atoms with van der Waals surface area (Å²) in [6, 6.07) is 7.96. The zero-order chi connectivity index (χ0) is 17.1. The number of carbonyl (C=O) groups excluding carboxylic acids is 1. The molecular weight excluding hydrogens is 308 g/mol. The van der Waals surface area contributed by atoms with Crippen molar-refractivity contribution in [2.75, 3.05) is 0 Å². The van der Waals surface area contributed by atoms with Crippen LogP contribution in [0, 0.1) is 0 Å². The van der Waals surface area contributed by atoms with Gasteiger partial charge in [-0.2, -0.15) is 0 Å². The van der Waals surface area contributed by atoms with Crippen molar-refractivity contribution >= 4 is 23.3 Å². The summed E-state index contributed by atoms with van der Waals surface area (Å²) in [5, 5.41) is 6.70. The molecule has 1 heterocycles. The predicted molar refractivity (Wildman–Crippen MR) is 96.1 cm³/mol. The van der Waals surface area contributed by atoms with E-state index in [0.717, 1.165) is 11.3 Å². The maximum absolute atomic E-state index is 12.5. The molecule has 0 saturated carbocycles. The van der Waals surface area contributed by atoms with Crippen molar-refractivity contribution in [1.82, 2.24) is 10.6 Å². The number of benzene rings is 1. The number of rotatable bonds is 4. The Morgan fingerprint density at radius 3 is 2.30 bits per heavy atom. The number of hydrogen-bond acceptors (Lipinski definition) is 3. The standard InChI is InChI=1S/C18H24N2O2S/c1-10(2)13-6-8-14(9-7-13)16-15(17(21)22-11(3)4)12(5)19-18(23)20-16/h6-11,16H,1-5H3,(H2,19,20,23)/t16-/m1/s1. The second-order valence-electron chi connectivity index (χ2n) is 6.35. The normalized spacial score (nSPS) is 18.0. The molecule has 23 heavy (non-hydrogen) atoms. The molecule has 4 nitrogen and oxygen atoms in total. The van der Waals surface area contributed by atoms with Crippen LogP contribution in [-0.4, -0.2) is 17.2 Å². The van der Waals surface area contributed by atoms with Crippen LogP contribution < -0.4 is 10.6 Å². The molecule has 0 unspecified atom stereocenters. The van der Waals surface area contributed by atoms with Crippen molar-refractivity contribution in [3.8, 4) is 0 Å². The van der Waals surface area contributed by atoms with E-state index in [1.165, 1.54) is 5.56 Å². The van der Waals surface area contributed by atoms with E-state index >= 15 is 0 Å². The maximum Gasteiger partial charge on any atom is 0.338 e. The van der Waals surface area contributed by atoms with Crippen molar-refractivity contribution in [2.24, 2.45) is 0 Å². The zero-order valence-electron chi connectivity index (χ0n) is 14.3. The molecule has 0 amide bonds. The number of allylic oxidation sites excluding steroid dienone is 1. The van der Waals surface area contributed by atoms with Gasteiger partial charge in [0.15, 0.2) is 5.11 Å². The zero-order valence-corrected chi connectivity index (χ0v) is 15.1. The van der Waals surface area contributed by atoms with Crippen LogP contribution in [0.4, 0.5) is 0 Å². The van der Waals surface area contributed by atoms with E-state index in [0.29, 0.717) is 16.6 Å². The summed E-state index contributed by atoms with van der Waals surface area (Å²) in [5.74, 6) is 0.145. The molecule has 1 atom stereocenters. The van der Waals surface area contributed by atoms with Crippen LogP contribution in [0.25, 0.3) is 0 Å². The fourth-order valence-corrected chi connectivity index (χ4v) is 2.84. The number of hydrogen-bond donors (Lipinski definition) is 2. The van der Waals surface area contributed by atoms with Gasteiger partial charge in [0.1, 0.15) is 0 Å². The van der Waals surface area contributed by atoms with Crippen LogP contribution in [-0.2, 0) is 9.53 Å². The lowest BCUT2D eigenvalue weighted by Gasteiger charge is -2.30. The maximum atomic E-state index is 12.5. The number of ether oxygens (including phenoxy) is 1. The smallest absolute Gasteiger partial charge is 0.338 e. The molecule has 5 heteroatoms. The second-order valence-corrected chi connectivity index (χ2v) is 6.75. The van der Waals surface area contributed by atoms with Gasteiger partial charge in [0.2, 0.25) is 0 Å². The van der Waals surface area contributed by atoms with Crippen molar-refractivity contribution < 1.29 is 9.53 Å². The van der Waals surface area contributed by atoms with Gasteiger partial charge in [-0.3, -0.25) is 0 Å². The highest BCUT2D eigenvalue weighted by atomic mass is 32.1. The van der Waals surface area contributed by atoms with Crippen LogP contribution in [0.15, 0.2) is 35.5 Å². The van der Waals surface area contributed by atoms with Crippen LogP contribution in [0.2, 0.25) is 0 Å². The van der Waals surface area contributed by atoms with Gasteiger partial charge in [0.25, 0.3) is 0 Å². The van der Waals surface area contributed by atoms with Crippen LogP contribution in [0.1, 0.15) is 57.7 Å². The quantitative estimate of drug-likeness (QED) is 0.652. The molecule has 0 aromatic heterocycles. The molecule has 0 radical (unpaired) electrons. The van der Waals surface area contributed by atoms with E-state index in [2.05, 4.69) is 36.6 Å². The summed E-state index contributed by atoms with van der Waals surface area (Å²) in [4.78, 5) is 12.5. The third-order valence-electron chi connectivity index (χ3n) is 3.77. The predicted octanol–water partition coefficient (Wildman–Crippen LogP) is 3.55. The Morgan fingerprint density at radius 2 is 1.78 bits per heavy atom. The van der Waals surface area contributed by atoms with Gasteiger partial charge in [0.05, 0.1) is 17.7 Å². The van der Waals surface area contributed by atoms with Crippen molar-refractivity contribution in [1.29, 1.82) is 0 Å². The Morgan fingerprint density at radius 1 is 1.17 bits per heavy atom. The van der Waals surface area contributed by atoms with Gasteiger partial charge in [-0.25, -0.2) is 4.79 Å². The van der Waals surface area contributed by atoms with Gasteiger partial charge in [-0.15, -0.1) is 0 Å². The fourth-order valence-electron chi connectivity index (χ4n) is 2.57. The summed E-state index contributed by atoms with van der Waals surface area (Å²) in [5.41, 5.74) is 3.56. The Kier molecular flexibility index (Phi) is 5.42. The third-order valence-corrected chi connectivity index (χ3v) is 3.99. The molecule has 1 aliphatic heterocycles. The molecule has 0 fully saturated rings. The monoisotopic (exact) mass is 332 g/mol. The molecule has 1 aliphatic rings. The van der Waals surface area contributed by atoms with E-state index in [1.54, 1.807) is 0 Å². The minimum Gasteiger partial charge on any atom is -0.459 e. The van der Waals surface area contributed by atoms with Gasteiger partial charge in [0, 0.05) is 5.70 Å². The van der Waals surface area contributed by atoms with Crippen LogP contribution >= 0.6 is 12.2 Å². The van der Waals surface area contributed by atoms with E-state index in [9.17, 15) is 4.79 Å². The summed E-state index contributed by atoms with van der Waals surface area (Å²) < 4.78 is 5.39. The number of nitrogens with one attached hydrogen (secondary N) is 2. The molecule has 124 valence electrons. The Hall–Kier alpha value is -1.88. The summed E-state index contributed by atoms with van der Waals surface area (Å²) in [7, 11) is 0. The SMILES string of the molecule is CC1=C(C(=O)OC(C)C)[C@@H](c2ccc(C(C)C)cc2)NC(=S)N1. The summed E-state index contributed by atoms with van der Waals surface area (Å²) in [6.45, 7) is 9.84.